The van der Waals surface area contributed by atoms with Crippen LogP contribution in [0.3, 0.4) is 0 Å². The van der Waals surface area contributed by atoms with Crippen LogP contribution in [0.2, 0.25) is 0 Å². The van der Waals surface area contributed by atoms with Crippen LogP contribution in [0.15, 0.2) is 36.4 Å². The van der Waals surface area contributed by atoms with E-state index in [0.29, 0.717) is 11.3 Å². The molecule has 3 N–H and O–H groups in total. The van der Waals surface area contributed by atoms with Gasteiger partial charge in [0.25, 0.3) is 11.8 Å². The molecule has 2 amide bonds. The first-order valence-corrected chi connectivity index (χ1v) is 9.72. The number of rotatable bonds is 4. The van der Waals surface area contributed by atoms with Crippen LogP contribution in [-0.2, 0) is 10.7 Å². The van der Waals surface area contributed by atoms with E-state index in [1.54, 1.807) is 0 Å². The zero-order valence-electron chi connectivity index (χ0n) is 17.0. The second-order valence-corrected chi connectivity index (χ2v) is 7.70. The van der Waals surface area contributed by atoms with E-state index in [9.17, 15) is 24.2 Å². The normalized spacial score (nSPS) is 19.3. The number of β-amino-alcohol motifs (C(OH)–C–C–N with tert-alkyl or cyclic N) is 1. The molecule has 1 aliphatic heterocycles. The maximum atomic E-state index is 15.1. The first-order chi connectivity index (χ1) is 14.5. The quantitative estimate of drug-likeness (QED) is 0.688. The maximum Gasteiger partial charge on any atom is 0.350 e. The van der Waals surface area contributed by atoms with Crippen molar-refractivity contribution in [3.63, 3.8) is 0 Å². The molecule has 6 nitrogen and oxygen atoms in total. The van der Waals surface area contributed by atoms with Gasteiger partial charge in [-0.05, 0) is 61.7 Å². The van der Waals surface area contributed by atoms with E-state index >= 15 is 8.78 Å². The molecule has 31 heavy (non-hydrogen) atoms. The van der Waals surface area contributed by atoms with Gasteiger partial charge in [-0.1, -0.05) is 6.07 Å². The summed E-state index contributed by atoms with van der Waals surface area (Å²) in [7, 11) is 0. The predicted octanol–water partition coefficient (Wildman–Crippen LogP) is 2.74. The van der Waals surface area contributed by atoms with E-state index in [-0.39, 0.29) is 24.1 Å². The van der Waals surface area contributed by atoms with Gasteiger partial charge in [-0.3, -0.25) is 9.59 Å². The van der Waals surface area contributed by atoms with Crippen LogP contribution in [0, 0.1) is 19.7 Å². The Morgan fingerprint density at radius 3 is 2.42 bits per heavy atom. The summed E-state index contributed by atoms with van der Waals surface area (Å²) in [4.78, 5) is 25.9. The van der Waals surface area contributed by atoms with Crippen LogP contribution in [-0.4, -0.2) is 52.2 Å². The summed E-state index contributed by atoms with van der Waals surface area (Å²) >= 11 is 0. The number of hydrogen-bond donors (Lipinski definition) is 3. The standard InChI is InChI=1S/C22H23F3N2O4/c1-12-3-4-14(20(30)26-15-5-6-17(23)13(2)9-15)10-16(12)22(24,25)21(31)27-8-7-18(28)19(29)11-27/h3-6,9-10,18-19,28-29H,7-8,11H2,1-2H3,(H,26,30)/t18-,19-/m1/s1. The molecular formula is C22H23F3N2O4. The fourth-order valence-electron chi connectivity index (χ4n) is 3.44. The molecule has 3 rings (SSSR count). The van der Waals surface area contributed by atoms with Crippen molar-refractivity contribution in [1.29, 1.82) is 0 Å². The lowest BCUT2D eigenvalue weighted by molar-refractivity contribution is -0.165. The molecule has 0 bridgehead atoms. The van der Waals surface area contributed by atoms with E-state index in [4.69, 9.17) is 0 Å². The number of carbonyl (C=O) groups excluding carboxylic acids is 2. The van der Waals surface area contributed by atoms with Gasteiger partial charge in [-0.15, -0.1) is 0 Å². The number of alkyl halides is 2. The highest BCUT2D eigenvalue weighted by Gasteiger charge is 2.46. The van der Waals surface area contributed by atoms with Gasteiger partial charge >= 0.3 is 5.92 Å². The van der Waals surface area contributed by atoms with Crippen molar-refractivity contribution in [2.24, 2.45) is 0 Å². The van der Waals surface area contributed by atoms with Crippen LogP contribution in [0.5, 0.6) is 0 Å². The number of anilines is 1. The van der Waals surface area contributed by atoms with Gasteiger partial charge in [0.05, 0.1) is 12.2 Å². The molecule has 0 aromatic heterocycles. The van der Waals surface area contributed by atoms with Crippen molar-refractivity contribution >= 4 is 17.5 Å². The molecule has 2 atom stereocenters. The predicted molar refractivity (Wildman–Crippen MR) is 107 cm³/mol. The lowest BCUT2D eigenvalue weighted by atomic mass is 9.97. The molecule has 0 unspecified atom stereocenters. The van der Waals surface area contributed by atoms with Gasteiger partial charge in [-0.2, -0.15) is 8.78 Å². The molecule has 1 fully saturated rings. The fraction of sp³-hybridized carbons (Fsp3) is 0.364. The minimum Gasteiger partial charge on any atom is -0.390 e. The van der Waals surface area contributed by atoms with Crippen molar-refractivity contribution in [3.05, 3.63) is 64.5 Å². The highest BCUT2D eigenvalue weighted by molar-refractivity contribution is 6.04. The number of aliphatic hydroxyl groups excluding tert-OH is 2. The Labute approximate surface area is 177 Å². The average molecular weight is 436 g/mol. The third-order valence-electron chi connectivity index (χ3n) is 5.36. The van der Waals surface area contributed by atoms with Gasteiger partial charge in [0.1, 0.15) is 5.82 Å². The lowest BCUT2D eigenvalue weighted by Gasteiger charge is -2.35. The molecule has 9 heteroatoms. The van der Waals surface area contributed by atoms with E-state index in [1.165, 1.54) is 44.2 Å². The number of piperidine rings is 1. The topological polar surface area (TPSA) is 89.9 Å². The zero-order valence-corrected chi connectivity index (χ0v) is 17.0. The summed E-state index contributed by atoms with van der Waals surface area (Å²) in [5, 5.41) is 21.8. The Morgan fingerprint density at radius 1 is 1.06 bits per heavy atom. The number of aliphatic hydroxyl groups is 2. The third kappa shape index (κ3) is 4.72. The number of benzene rings is 2. The van der Waals surface area contributed by atoms with E-state index in [2.05, 4.69) is 5.32 Å². The maximum absolute atomic E-state index is 15.1. The van der Waals surface area contributed by atoms with E-state index in [0.717, 1.165) is 11.0 Å². The Morgan fingerprint density at radius 2 is 1.77 bits per heavy atom. The molecule has 0 radical (unpaired) electrons. The number of nitrogens with zero attached hydrogens (tertiary/aromatic N) is 1. The second-order valence-electron chi connectivity index (χ2n) is 7.70. The summed E-state index contributed by atoms with van der Waals surface area (Å²) < 4.78 is 43.6. The van der Waals surface area contributed by atoms with Crippen LogP contribution < -0.4 is 5.32 Å². The summed E-state index contributed by atoms with van der Waals surface area (Å²) in [5.74, 6) is -6.57. The van der Waals surface area contributed by atoms with Crippen molar-refractivity contribution in [1.82, 2.24) is 4.90 Å². The van der Waals surface area contributed by atoms with Crippen LogP contribution in [0.25, 0.3) is 0 Å². The summed E-state index contributed by atoms with van der Waals surface area (Å²) in [6.07, 6.45) is -2.38. The molecule has 1 saturated heterocycles. The minimum atomic E-state index is -3.94. The highest BCUT2D eigenvalue weighted by Crippen LogP contribution is 2.34. The molecule has 0 aliphatic carbocycles. The van der Waals surface area contributed by atoms with Crippen LogP contribution >= 0.6 is 0 Å². The van der Waals surface area contributed by atoms with Crippen LogP contribution in [0.1, 0.15) is 33.5 Å². The number of aryl methyl sites for hydroxylation is 2. The monoisotopic (exact) mass is 436 g/mol. The van der Waals surface area contributed by atoms with Crippen LogP contribution in [0.4, 0.5) is 18.9 Å². The lowest BCUT2D eigenvalue weighted by Crippen LogP contribution is -2.52. The summed E-state index contributed by atoms with van der Waals surface area (Å²) in [6.45, 7) is 2.41. The molecule has 2 aromatic carbocycles. The number of hydrogen-bond acceptors (Lipinski definition) is 4. The van der Waals surface area contributed by atoms with Gasteiger partial charge in [-0.25, -0.2) is 4.39 Å². The molecular weight excluding hydrogens is 413 g/mol. The number of amides is 2. The fourth-order valence-corrected chi connectivity index (χ4v) is 3.44. The van der Waals surface area contributed by atoms with E-state index in [1.807, 2.05) is 0 Å². The largest absolute Gasteiger partial charge is 0.390 e. The van der Waals surface area contributed by atoms with Gasteiger partial charge in [0, 0.05) is 29.9 Å². The highest BCUT2D eigenvalue weighted by atomic mass is 19.3. The Balaban J connectivity index is 1.84. The van der Waals surface area contributed by atoms with Gasteiger partial charge in [0.2, 0.25) is 0 Å². The van der Waals surface area contributed by atoms with Crippen molar-refractivity contribution in [2.75, 3.05) is 18.4 Å². The zero-order chi connectivity index (χ0) is 22.9. The molecule has 1 heterocycles. The number of carbonyl (C=O) groups is 2. The SMILES string of the molecule is Cc1cc(NC(=O)c2ccc(C)c(C(F)(F)C(=O)N3CC[C@@H](O)[C@H](O)C3)c2)ccc1F. The van der Waals surface area contributed by atoms with Gasteiger partial charge in [0.15, 0.2) is 0 Å². The summed E-state index contributed by atoms with van der Waals surface area (Å²) in [5.41, 5.74) is 0.0124. The number of likely N-dealkylation sites (tertiary alicyclic amines) is 1. The Hall–Kier alpha value is -2.91. The average Bonchev–Trinajstić information content (AvgIpc) is 2.72. The number of nitrogens with one attached hydrogen (secondary N) is 1. The Bertz CT molecular complexity index is 1010. The molecule has 166 valence electrons. The summed E-state index contributed by atoms with van der Waals surface area (Å²) in [6, 6.07) is 7.57. The third-order valence-corrected chi connectivity index (χ3v) is 5.36. The van der Waals surface area contributed by atoms with Crippen molar-refractivity contribution < 1.29 is 33.0 Å². The minimum absolute atomic E-state index is 0.0124. The van der Waals surface area contributed by atoms with Crippen molar-refractivity contribution in [2.45, 2.75) is 38.4 Å². The number of halogens is 3. The van der Waals surface area contributed by atoms with Crippen molar-refractivity contribution in [3.8, 4) is 0 Å². The first-order valence-electron chi connectivity index (χ1n) is 9.72. The molecule has 0 saturated carbocycles. The second kappa shape index (κ2) is 8.68. The van der Waals surface area contributed by atoms with Gasteiger partial charge < -0.3 is 20.4 Å². The molecule has 0 spiro atoms. The molecule has 1 aliphatic rings. The van der Waals surface area contributed by atoms with E-state index < -0.39 is 47.9 Å². The first kappa shape index (κ1) is 22.8. The molecule has 2 aromatic rings. The Kier molecular flexibility index (Phi) is 6.38. The smallest absolute Gasteiger partial charge is 0.350 e.